The Hall–Kier alpha value is -1.81. The number of nitrogens with one attached hydrogen (secondary N) is 2. The molecule has 1 aromatic carbocycles. The van der Waals surface area contributed by atoms with E-state index in [9.17, 15) is 0 Å². The molecule has 1 atom stereocenters. The van der Waals surface area contributed by atoms with E-state index in [0.717, 1.165) is 30.7 Å². The highest BCUT2D eigenvalue weighted by molar-refractivity contribution is 7.80. The van der Waals surface area contributed by atoms with Crippen LogP contribution in [0.2, 0.25) is 0 Å². The molecule has 1 heterocycles. The molecule has 0 bridgehead atoms. The third-order valence-electron chi connectivity index (χ3n) is 3.81. The smallest absolute Gasteiger partial charge is 0.170 e. The zero-order valence-corrected chi connectivity index (χ0v) is 14.8. The van der Waals surface area contributed by atoms with Crippen molar-refractivity contribution in [1.29, 1.82) is 0 Å². The maximum Gasteiger partial charge on any atom is 0.170 e. The number of unbranched alkanes of at least 4 members (excludes halogenated alkanes) is 1. The molecule has 0 saturated carbocycles. The van der Waals surface area contributed by atoms with Crippen molar-refractivity contribution < 1.29 is 4.42 Å². The van der Waals surface area contributed by atoms with E-state index in [4.69, 9.17) is 16.6 Å². The minimum atomic E-state index is 0.295. The predicted molar refractivity (Wildman–Crippen MR) is 101 cm³/mol. The summed E-state index contributed by atoms with van der Waals surface area (Å²) in [6, 6.07) is 12.7. The molecule has 4 heteroatoms. The van der Waals surface area contributed by atoms with E-state index in [1.807, 2.05) is 12.1 Å². The van der Waals surface area contributed by atoms with E-state index in [1.165, 1.54) is 18.4 Å². The van der Waals surface area contributed by atoms with Crippen LogP contribution in [-0.2, 0) is 12.8 Å². The van der Waals surface area contributed by atoms with Crippen LogP contribution < -0.4 is 10.6 Å². The Kier molecular flexibility index (Phi) is 7.14. The van der Waals surface area contributed by atoms with Gasteiger partial charge >= 0.3 is 0 Å². The van der Waals surface area contributed by atoms with Crippen molar-refractivity contribution in [2.24, 2.45) is 0 Å². The van der Waals surface area contributed by atoms with Gasteiger partial charge in [0.2, 0.25) is 0 Å². The summed E-state index contributed by atoms with van der Waals surface area (Å²) in [4.78, 5) is 0. The summed E-state index contributed by atoms with van der Waals surface area (Å²) in [5.74, 6) is 1.01. The molecule has 0 radical (unpaired) electrons. The van der Waals surface area contributed by atoms with Crippen LogP contribution in [0.1, 0.15) is 44.4 Å². The summed E-state index contributed by atoms with van der Waals surface area (Å²) >= 11 is 5.38. The Morgan fingerprint density at radius 1 is 1.17 bits per heavy atom. The second kappa shape index (κ2) is 9.36. The largest absolute Gasteiger partial charge is 0.469 e. The zero-order chi connectivity index (χ0) is 16.5. The van der Waals surface area contributed by atoms with Gasteiger partial charge in [0.1, 0.15) is 5.76 Å². The Balaban J connectivity index is 1.73. The third-order valence-corrected chi connectivity index (χ3v) is 4.03. The van der Waals surface area contributed by atoms with Gasteiger partial charge in [-0.15, -0.1) is 0 Å². The van der Waals surface area contributed by atoms with Crippen molar-refractivity contribution in [2.45, 2.75) is 52.0 Å². The van der Waals surface area contributed by atoms with E-state index in [2.05, 4.69) is 48.7 Å². The molecule has 0 saturated heterocycles. The van der Waals surface area contributed by atoms with Crippen LogP contribution in [0, 0.1) is 0 Å². The maximum atomic E-state index is 5.38. The average molecular weight is 330 g/mol. The molecule has 23 heavy (non-hydrogen) atoms. The van der Waals surface area contributed by atoms with Gasteiger partial charge in [-0.3, -0.25) is 0 Å². The molecule has 0 amide bonds. The van der Waals surface area contributed by atoms with E-state index >= 15 is 0 Å². The zero-order valence-electron chi connectivity index (χ0n) is 14.0. The molecule has 0 aliphatic rings. The fraction of sp³-hybridized carbons (Fsp3) is 0.421. The van der Waals surface area contributed by atoms with Crippen LogP contribution in [0.15, 0.2) is 47.1 Å². The first-order valence-electron chi connectivity index (χ1n) is 8.36. The normalized spacial score (nSPS) is 11.9. The van der Waals surface area contributed by atoms with Gasteiger partial charge in [-0.25, -0.2) is 0 Å². The fourth-order valence-corrected chi connectivity index (χ4v) is 2.73. The first kappa shape index (κ1) is 17.5. The fourth-order valence-electron chi connectivity index (χ4n) is 2.41. The molecule has 124 valence electrons. The van der Waals surface area contributed by atoms with Gasteiger partial charge in [0.15, 0.2) is 5.11 Å². The molecule has 2 aromatic rings. The van der Waals surface area contributed by atoms with Gasteiger partial charge < -0.3 is 15.1 Å². The number of hydrogen-bond donors (Lipinski definition) is 2. The predicted octanol–water partition coefficient (Wildman–Crippen LogP) is 4.93. The van der Waals surface area contributed by atoms with Gasteiger partial charge in [0, 0.05) is 18.2 Å². The SMILES string of the molecule is CCCCc1ccc(NC(=S)N[C@H](C)CCc2ccco2)cc1. The minimum Gasteiger partial charge on any atom is -0.469 e. The molecule has 0 unspecified atom stereocenters. The lowest BCUT2D eigenvalue weighted by molar-refractivity contribution is 0.483. The molecule has 0 spiro atoms. The highest BCUT2D eigenvalue weighted by Crippen LogP contribution is 2.12. The number of anilines is 1. The minimum absolute atomic E-state index is 0.295. The Morgan fingerprint density at radius 3 is 2.61 bits per heavy atom. The van der Waals surface area contributed by atoms with Crippen molar-refractivity contribution in [1.82, 2.24) is 5.32 Å². The molecule has 0 aliphatic heterocycles. The molecule has 1 aromatic heterocycles. The number of furan rings is 1. The van der Waals surface area contributed by atoms with Crippen LogP contribution in [-0.4, -0.2) is 11.2 Å². The van der Waals surface area contributed by atoms with Crippen molar-refractivity contribution in [3.05, 3.63) is 54.0 Å². The number of thiocarbonyl (C=S) groups is 1. The Labute approximate surface area is 144 Å². The summed E-state index contributed by atoms with van der Waals surface area (Å²) in [7, 11) is 0. The van der Waals surface area contributed by atoms with Crippen molar-refractivity contribution in [2.75, 3.05) is 5.32 Å². The third kappa shape index (κ3) is 6.45. The second-order valence-electron chi connectivity index (χ2n) is 5.92. The summed E-state index contributed by atoms with van der Waals surface area (Å²) in [6.45, 7) is 4.35. The van der Waals surface area contributed by atoms with Gasteiger partial charge in [-0.2, -0.15) is 0 Å². The number of benzene rings is 1. The van der Waals surface area contributed by atoms with E-state index < -0.39 is 0 Å². The highest BCUT2D eigenvalue weighted by Gasteiger charge is 2.06. The molecular weight excluding hydrogens is 304 g/mol. The standard InChI is InChI=1S/C19H26N2OS/c1-3-4-6-16-9-11-17(12-10-16)21-19(23)20-15(2)8-13-18-7-5-14-22-18/h5,7,9-12,14-15H,3-4,6,8,13H2,1-2H3,(H2,20,21,23)/t15-/m1/s1. The quantitative estimate of drug-likeness (QED) is 0.673. The summed E-state index contributed by atoms with van der Waals surface area (Å²) in [5, 5.41) is 7.23. The van der Waals surface area contributed by atoms with Crippen molar-refractivity contribution in [3.8, 4) is 0 Å². The lowest BCUT2D eigenvalue weighted by Gasteiger charge is -2.16. The summed E-state index contributed by atoms with van der Waals surface area (Å²) in [5.41, 5.74) is 2.41. The van der Waals surface area contributed by atoms with Crippen LogP contribution in [0.5, 0.6) is 0 Å². The average Bonchev–Trinajstić information content (AvgIpc) is 3.05. The topological polar surface area (TPSA) is 37.2 Å². The first-order valence-corrected chi connectivity index (χ1v) is 8.77. The monoisotopic (exact) mass is 330 g/mol. The molecule has 0 aliphatic carbocycles. The molecule has 0 fully saturated rings. The molecule has 3 nitrogen and oxygen atoms in total. The highest BCUT2D eigenvalue weighted by atomic mass is 32.1. The maximum absolute atomic E-state index is 5.38. The summed E-state index contributed by atoms with van der Waals surface area (Å²) in [6.07, 6.45) is 7.21. The van der Waals surface area contributed by atoms with E-state index in [0.29, 0.717) is 11.2 Å². The molecule has 2 N–H and O–H groups in total. The van der Waals surface area contributed by atoms with Gasteiger partial charge in [-0.05, 0) is 68.2 Å². The first-order chi connectivity index (χ1) is 11.2. The van der Waals surface area contributed by atoms with Crippen LogP contribution in [0.3, 0.4) is 0 Å². The van der Waals surface area contributed by atoms with E-state index in [-0.39, 0.29) is 0 Å². The second-order valence-corrected chi connectivity index (χ2v) is 6.33. The van der Waals surface area contributed by atoms with Crippen molar-refractivity contribution >= 4 is 23.0 Å². The Bertz CT molecular complexity index is 578. The van der Waals surface area contributed by atoms with Crippen LogP contribution in [0.4, 0.5) is 5.69 Å². The number of rotatable bonds is 8. The molecule has 2 rings (SSSR count). The van der Waals surface area contributed by atoms with Crippen LogP contribution in [0.25, 0.3) is 0 Å². The number of hydrogen-bond acceptors (Lipinski definition) is 2. The lowest BCUT2D eigenvalue weighted by atomic mass is 10.1. The van der Waals surface area contributed by atoms with Crippen LogP contribution >= 0.6 is 12.2 Å². The Morgan fingerprint density at radius 2 is 1.96 bits per heavy atom. The molecular formula is C19H26N2OS. The van der Waals surface area contributed by atoms with E-state index in [1.54, 1.807) is 6.26 Å². The number of aryl methyl sites for hydroxylation is 2. The van der Waals surface area contributed by atoms with Gasteiger partial charge in [0.05, 0.1) is 6.26 Å². The lowest BCUT2D eigenvalue weighted by Crippen LogP contribution is -2.36. The van der Waals surface area contributed by atoms with Gasteiger partial charge in [-0.1, -0.05) is 25.5 Å². The summed E-state index contributed by atoms with van der Waals surface area (Å²) < 4.78 is 5.35. The van der Waals surface area contributed by atoms with Gasteiger partial charge in [0.25, 0.3) is 0 Å². The van der Waals surface area contributed by atoms with Crippen molar-refractivity contribution in [3.63, 3.8) is 0 Å².